The Kier molecular flexibility index (Phi) is 5.32. The highest BCUT2D eigenvalue weighted by atomic mass is 35.5. The fraction of sp³-hybridized carbons (Fsp3) is 0.231. The standard InChI is InChI=1S/C13H11Cl3N2O2S/c1-3-20-12(19)11-6(2)21-13(18-11)17-10-5-8(15)7(14)4-9(10)16/h4-5H,3H2,1-2H3,(H,17,18). The lowest BCUT2D eigenvalue weighted by Gasteiger charge is -2.06. The minimum absolute atomic E-state index is 0.292. The fourth-order valence-corrected chi connectivity index (χ4v) is 2.98. The number of ether oxygens (including phenoxy) is 1. The van der Waals surface area contributed by atoms with Gasteiger partial charge in [0.25, 0.3) is 0 Å². The van der Waals surface area contributed by atoms with Gasteiger partial charge in [-0.2, -0.15) is 0 Å². The van der Waals surface area contributed by atoms with Crippen LogP contribution in [0.4, 0.5) is 10.8 Å². The molecule has 0 spiro atoms. The minimum atomic E-state index is -0.445. The van der Waals surface area contributed by atoms with E-state index < -0.39 is 5.97 Å². The number of nitrogens with one attached hydrogen (secondary N) is 1. The number of hydrogen-bond acceptors (Lipinski definition) is 5. The van der Waals surface area contributed by atoms with Crippen molar-refractivity contribution in [1.82, 2.24) is 4.98 Å². The first-order valence-electron chi connectivity index (χ1n) is 5.98. The van der Waals surface area contributed by atoms with Crippen LogP contribution in [0.25, 0.3) is 0 Å². The summed E-state index contributed by atoms with van der Waals surface area (Å²) in [6.45, 7) is 3.84. The molecule has 1 aromatic heterocycles. The summed E-state index contributed by atoms with van der Waals surface area (Å²) < 4.78 is 4.94. The van der Waals surface area contributed by atoms with Crippen LogP contribution in [0.15, 0.2) is 12.1 Å². The quantitative estimate of drug-likeness (QED) is 0.587. The van der Waals surface area contributed by atoms with Crippen LogP contribution in [0.3, 0.4) is 0 Å². The molecule has 2 aromatic rings. The highest BCUT2D eigenvalue weighted by Gasteiger charge is 2.17. The maximum absolute atomic E-state index is 11.7. The SMILES string of the molecule is CCOC(=O)c1nc(Nc2cc(Cl)c(Cl)cc2Cl)sc1C. The van der Waals surface area contributed by atoms with Gasteiger partial charge >= 0.3 is 5.97 Å². The van der Waals surface area contributed by atoms with E-state index in [2.05, 4.69) is 10.3 Å². The van der Waals surface area contributed by atoms with E-state index in [4.69, 9.17) is 39.5 Å². The third-order valence-electron chi connectivity index (χ3n) is 2.52. The molecule has 4 nitrogen and oxygen atoms in total. The molecule has 8 heteroatoms. The van der Waals surface area contributed by atoms with Crippen molar-refractivity contribution < 1.29 is 9.53 Å². The first-order chi connectivity index (χ1) is 9.92. The number of carbonyl (C=O) groups excluding carboxylic acids is 1. The zero-order valence-electron chi connectivity index (χ0n) is 11.2. The van der Waals surface area contributed by atoms with Gasteiger partial charge in [-0.3, -0.25) is 0 Å². The third-order valence-corrected chi connectivity index (χ3v) is 4.44. The smallest absolute Gasteiger partial charge is 0.358 e. The molecule has 0 bridgehead atoms. The van der Waals surface area contributed by atoms with Crippen LogP contribution in [0.2, 0.25) is 15.1 Å². The largest absolute Gasteiger partial charge is 0.461 e. The summed E-state index contributed by atoms with van der Waals surface area (Å²) in [7, 11) is 0. The number of carbonyl (C=O) groups is 1. The summed E-state index contributed by atoms with van der Waals surface area (Å²) >= 11 is 19.2. The molecule has 1 N–H and O–H groups in total. The number of anilines is 2. The molecule has 0 aliphatic heterocycles. The molecule has 0 saturated heterocycles. The molecule has 0 radical (unpaired) electrons. The number of hydrogen-bond donors (Lipinski definition) is 1. The van der Waals surface area contributed by atoms with Crippen LogP contribution < -0.4 is 5.32 Å². The molecule has 0 aliphatic rings. The number of nitrogens with zero attached hydrogens (tertiary/aromatic N) is 1. The summed E-state index contributed by atoms with van der Waals surface area (Å²) in [6, 6.07) is 3.15. The number of aryl methyl sites for hydroxylation is 1. The lowest BCUT2D eigenvalue weighted by Crippen LogP contribution is -2.06. The molecule has 1 aromatic carbocycles. The van der Waals surface area contributed by atoms with E-state index >= 15 is 0 Å². The van der Waals surface area contributed by atoms with Crippen LogP contribution in [-0.4, -0.2) is 17.6 Å². The topological polar surface area (TPSA) is 51.2 Å². The number of halogens is 3. The Morgan fingerprint density at radius 2 is 1.95 bits per heavy atom. The maximum atomic E-state index is 11.7. The predicted molar refractivity (Wildman–Crippen MR) is 87.6 cm³/mol. The highest BCUT2D eigenvalue weighted by Crippen LogP contribution is 2.35. The van der Waals surface area contributed by atoms with Gasteiger partial charge in [-0.05, 0) is 26.0 Å². The monoisotopic (exact) mass is 364 g/mol. The van der Waals surface area contributed by atoms with Gasteiger partial charge < -0.3 is 10.1 Å². The summed E-state index contributed by atoms with van der Waals surface area (Å²) in [4.78, 5) is 16.7. The predicted octanol–water partition coefficient (Wildman–Crippen LogP) is 5.33. The molecule has 0 unspecified atom stereocenters. The fourth-order valence-electron chi connectivity index (χ4n) is 1.57. The van der Waals surface area contributed by atoms with Crippen molar-refractivity contribution in [2.24, 2.45) is 0 Å². The Morgan fingerprint density at radius 3 is 2.62 bits per heavy atom. The van der Waals surface area contributed by atoms with E-state index in [9.17, 15) is 4.79 Å². The molecule has 21 heavy (non-hydrogen) atoms. The van der Waals surface area contributed by atoms with Gasteiger partial charge in [0.15, 0.2) is 10.8 Å². The Balaban J connectivity index is 2.27. The van der Waals surface area contributed by atoms with Crippen LogP contribution >= 0.6 is 46.1 Å². The summed E-state index contributed by atoms with van der Waals surface area (Å²) in [5, 5.41) is 4.71. The van der Waals surface area contributed by atoms with Crippen LogP contribution in [0.5, 0.6) is 0 Å². The Bertz CT molecular complexity index is 688. The average molecular weight is 366 g/mol. The van der Waals surface area contributed by atoms with E-state index in [1.807, 2.05) is 0 Å². The number of esters is 1. The Morgan fingerprint density at radius 1 is 1.29 bits per heavy atom. The Hall–Kier alpha value is -1.01. The van der Waals surface area contributed by atoms with E-state index in [0.29, 0.717) is 38.2 Å². The van der Waals surface area contributed by atoms with Crippen molar-refractivity contribution >= 4 is 62.9 Å². The highest BCUT2D eigenvalue weighted by molar-refractivity contribution is 7.15. The van der Waals surface area contributed by atoms with Gasteiger partial charge in [0.05, 0.1) is 27.4 Å². The van der Waals surface area contributed by atoms with Crippen molar-refractivity contribution in [3.8, 4) is 0 Å². The van der Waals surface area contributed by atoms with Crippen molar-refractivity contribution in [3.05, 3.63) is 37.8 Å². The number of rotatable bonds is 4. The van der Waals surface area contributed by atoms with E-state index in [1.54, 1.807) is 26.0 Å². The molecule has 0 fully saturated rings. The lowest BCUT2D eigenvalue weighted by molar-refractivity contribution is 0.0519. The molecule has 112 valence electrons. The van der Waals surface area contributed by atoms with Gasteiger partial charge in [0.1, 0.15) is 0 Å². The van der Waals surface area contributed by atoms with Crippen LogP contribution in [-0.2, 0) is 4.74 Å². The van der Waals surface area contributed by atoms with E-state index in [-0.39, 0.29) is 0 Å². The first kappa shape index (κ1) is 16.4. The molecule has 0 atom stereocenters. The zero-order valence-corrected chi connectivity index (χ0v) is 14.3. The van der Waals surface area contributed by atoms with Crippen molar-refractivity contribution in [2.45, 2.75) is 13.8 Å². The van der Waals surface area contributed by atoms with Gasteiger partial charge in [-0.15, -0.1) is 11.3 Å². The molecule has 0 amide bonds. The zero-order chi connectivity index (χ0) is 15.6. The van der Waals surface area contributed by atoms with Gasteiger partial charge in [-0.1, -0.05) is 34.8 Å². The second kappa shape index (κ2) is 6.83. The van der Waals surface area contributed by atoms with Crippen LogP contribution in [0, 0.1) is 6.92 Å². The molecular weight excluding hydrogens is 355 g/mol. The van der Waals surface area contributed by atoms with Crippen molar-refractivity contribution in [2.75, 3.05) is 11.9 Å². The van der Waals surface area contributed by atoms with Crippen molar-refractivity contribution in [1.29, 1.82) is 0 Å². The third kappa shape index (κ3) is 3.80. The number of aromatic nitrogens is 1. The molecule has 0 aliphatic carbocycles. The minimum Gasteiger partial charge on any atom is -0.461 e. The van der Waals surface area contributed by atoms with E-state index in [0.717, 1.165) is 4.88 Å². The lowest BCUT2D eigenvalue weighted by atomic mass is 10.3. The average Bonchev–Trinajstić information content (AvgIpc) is 2.77. The summed E-state index contributed by atoms with van der Waals surface area (Å²) in [6.07, 6.45) is 0. The van der Waals surface area contributed by atoms with E-state index in [1.165, 1.54) is 11.3 Å². The first-order valence-corrected chi connectivity index (χ1v) is 7.93. The maximum Gasteiger partial charge on any atom is 0.358 e. The van der Waals surface area contributed by atoms with Gasteiger partial charge in [-0.25, -0.2) is 9.78 Å². The van der Waals surface area contributed by atoms with Crippen LogP contribution in [0.1, 0.15) is 22.3 Å². The number of thiazole rings is 1. The summed E-state index contributed by atoms with van der Waals surface area (Å²) in [5.41, 5.74) is 0.857. The van der Waals surface area contributed by atoms with Crippen molar-refractivity contribution in [3.63, 3.8) is 0 Å². The summed E-state index contributed by atoms with van der Waals surface area (Å²) in [5.74, 6) is -0.445. The van der Waals surface area contributed by atoms with Gasteiger partial charge in [0, 0.05) is 4.88 Å². The normalized spacial score (nSPS) is 10.5. The molecule has 2 rings (SSSR count). The molecular formula is C13H11Cl3N2O2S. The molecule has 1 heterocycles. The number of benzene rings is 1. The second-order valence-corrected chi connectivity index (χ2v) is 6.44. The van der Waals surface area contributed by atoms with Gasteiger partial charge in [0.2, 0.25) is 0 Å². The molecule has 0 saturated carbocycles. The second-order valence-electron chi connectivity index (χ2n) is 4.02. The Labute approximate surface area is 141 Å².